The van der Waals surface area contributed by atoms with E-state index in [1.165, 1.54) is 14.0 Å². The van der Waals surface area contributed by atoms with Crippen molar-refractivity contribution in [3.05, 3.63) is 58.0 Å². The maximum Gasteiger partial charge on any atom is 0.393 e. The second-order valence-corrected chi connectivity index (χ2v) is 8.64. The van der Waals surface area contributed by atoms with Crippen LogP contribution in [-0.2, 0) is 26.1 Å². The van der Waals surface area contributed by atoms with Gasteiger partial charge in [-0.05, 0) is 32.4 Å². The van der Waals surface area contributed by atoms with Crippen LogP contribution in [0.2, 0.25) is 0 Å². The monoisotopic (exact) mass is 461 g/mol. The summed E-state index contributed by atoms with van der Waals surface area (Å²) in [5.74, 6) is -1.02. The van der Waals surface area contributed by atoms with Crippen LogP contribution in [0.1, 0.15) is 41.2 Å². The Kier molecular flexibility index (Phi) is 4.91. The number of imidazole rings is 1. The van der Waals surface area contributed by atoms with Gasteiger partial charge in [-0.15, -0.1) is 10.2 Å². The van der Waals surface area contributed by atoms with Gasteiger partial charge in [0.25, 0.3) is 11.5 Å². The fourth-order valence-electron chi connectivity index (χ4n) is 4.54. The number of aryl methyl sites for hydroxylation is 2. The zero-order valence-electron chi connectivity index (χ0n) is 18.1. The standard InChI is InChI=1S/C21H22F3N7O2/c1-12-7-28(11-25-12)15-4-5-16-20(33)29(13(2)8-30(16)19(15)32)10-18-27-26-17-6-3-14(9-31(17)18)21(22,23)24/h4-5,7,11,13-14H,3,6,8-10H2,1-2H3. The van der Waals surface area contributed by atoms with E-state index in [4.69, 9.17) is 0 Å². The summed E-state index contributed by atoms with van der Waals surface area (Å²) < 4.78 is 44.3. The number of hydrogen-bond donors (Lipinski definition) is 0. The predicted molar refractivity (Wildman–Crippen MR) is 110 cm³/mol. The van der Waals surface area contributed by atoms with Gasteiger partial charge in [-0.2, -0.15) is 13.2 Å². The Hall–Kier alpha value is -3.44. The Morgan fingerprint density at radius 1 is 1.12 bits per heavy atom. The second-order valence-electron chi connectivity index (χ2n) is 8.64. The van der Waals surface area contributed by atoms with Crippen LogP contribution in [0.5, 0.6) is 0 Å². The quantitative estimate of drug-likeness (QED) is 0.596. The van der Waals surface area contributed by atoms with Crippen LogP contribution in [0.25, 0.3) is 5.69 Å². The molecule has 0 saturated carbocycles. The van der Waals surface area contributed by atoms with Crippen molar-refractivity contribution < 1.29 is 18.0 Å². The molecule has 12 heteroatoms. The van der Waals surface area contributed by atoms with Gasteiger partial charge >= 0.3 is 6.18 Å². The second kappa shape index (κ2) is 7.56. The van der Waals surface area contributed by atoms with E-state index in [1.807, 2.05) is 6.92 Å². The smallest absolute Gasteiger partial charge is 0.325 e. The number of rotatable bonds is 3. The molecule has 0 aromatic carbocycles. The molecule has 9 nitrogen and oxygen atoms in total. The van der Waals surface area contributed by atoms with Gasteiger partial charge in [0.15, 0.2) is 5.82 Å². The summed E-state index contributed by atoms with van der Waals surface area (Å²) in [6, 6.07) is 2.80. The summed E-state index contributed by atoms with van der Waals surface area (Å²) in [6.45, 7) is 3.65. The van der Waals surface area contributed by atoms with E-state index >= 15 is 0 Å². The van der Waals surface area contributed by atoms with Crippen LogP contribution < -0.4 is 5.56 Å². The molecule has 0 fully saturated rings. The van der Waals surface area contributed by atoms with Crippen molar-refractivity contribution in [2.24, 2.45) is 5.92 Å². The third-order valence-corrected chi connectivity index (χ3v) is 6.40. The number of aromatic nitrogens is 6. The third-order valence-electron chi connectivity index (χ3n) is 6.40. The SMILES string of the molecule is Cc1cn(-c2ccc3n(c2=O)CC(C)N(Cc2nnc4n2CC(C(F)(F)F)CC4)C3=O)cn1. The Morgan fingerprint density at radius 2 is 1.91 bits per heavy atom. The molecule has 1 amide bonds. The van der Waals surface area contributed by atoms with Gasteiger partial charge in [-0.25, -0.2) is 4.98 Å². The molecular formula is C21H22F3N7O2. The van der Waals surface area contributed by atoms with Crippen molar-refractivity contribution >= 4 is 5.91 Å². The number of amides is 1. The first-order chi connectivity index (χ1) is 15.6. The van der Waals surface area contributed by atoms with E-state index in [1.54, 1.807) is 36.1 Å². The molecule has 0 saturated heterocycles. The number of carbonyl (C=O) groups excluding carboxylic acids is 1. The Morgan fingerprint density at radius 3 is 2.61 bits per heavy atom. The summed E-state index contributed by atoms with van der Waals surface area (Å²) >= 11 is 0. The molecule has 0 bridgehead atoms. The van der Waals surface area contributed by atoms with Gasteiger partial charge in [0.2, 0.25) is 0 Å². The summed E-state index contributed by atoms with van der Waals surface area (Å²) in [4.78, 5) is 32.0. The van der Waals surface area contributed by atoms with Crippen LogP contribution in [-0.4, -0.2) is 51.9 Å². The lowest BCUT2D eigenvalue weighted by Gasteiger charge is -2.35. The van der Waals surface area contributed by atoms with E-state index in [2.05, 4.69) is 15.2 Å². The van der Waals surface area contributed by atoms with Crippen molar-refractivity contribution in [1.82, 2.24) is 33.8 Å². The Bertz CT molecular complexity index is 1290. The normalized spacial score (nSPS) is 20.6. The van der Waals surface area contributed by atoms with E-state index in [0.29, 0.717) is 17.3 Å². The van der Waals surface area contributed by atoms with Crippen molar-refractivity contribution in [2.45, 2.75) is 58.5 Å². The molecule has 2 unspecified atom stereocenters. The average Bonchev–Trinajstić information content (AvgIpc) is 3.37. The fourth-order valence-corrected chi connectivity index (χ4v) is 4.54. The van der Waals surface area contributed by atoms with Crippen LogP contribution in [0, 0.1) is 12.8 Å². The van der Waals surface area contributed by atoms with Crippen LogP contribution in [0.4, 0.5) is 13.2 Å². The maximum absolute atomic E-state index is 13.3. The zero-order valence-corrected chi connectivity index (χ0v) is 18.1. The lowest BCUT2D eigenvalue weighted by molar-refractivity contribution is -0.182. The number of fused-ring (bicyclic) bond motifs is 2. The van der Waals surface area contributed by atoms with Gasteiger partial charge in [0.1, 0.15) is 17.2 Å². The lowest BCUT2D eigenvalue weighted by Crippen LogP contribution is -2.50. The highest BCUT2D eigenvalue weighted by atomic mass is 19.4. The van der Waals surface area contributed by atoms with E-state index in [0.717, 1.165) is 5.69 Å². The number of halogens is 3. The molecule has 0 spiro atoms. The molecule has 33 heavy (non-hydrogen) atoms. The highest BCUT2D eigenvalue weighted by Gasteiger charge is 2.42. The number of nitrogens with zero attached hydrogens (tertiary/aromatic N) is 7. The minimum Gasteiger partial charge on any atom is -0.325 e. The summed E-state index contributed by atoms with van der Waals surface area (Å²) in [7, 11) is 0. The minimum absolute atomic E-state index is 0.0181. The molecule has 5 heterocycles. The van der Waals surface area contributed by atoms with Gasteiger partial charge in [0.05, 0.1) is 24.5 Å². The molecule has 5 rings (SSSR count). The van der Waals surface area contributed by atoms with Crippen molar-refractivity contribution in [3.8, 4) is 5.69 Å². The van der Waals surface area contributed by atoms with Crippen molar-refractivity contribution in [3.63, 3.8) is 0 Å². The average molecular weight is 461 g/mol. The number of hydrogen-bond acceptors (Lipinski definition) is 5. The van der Waals surface area contributed by atoms with Gasteiger partial charge in [-0.3, -0.25) is 9.59 Å². The van der Waals surface area contributed by atoms with Crippen molar-refractivity contribution in [1.29, 1.82) is 0 Å². The van der Waals surface area contributed by atoms with Gasteiger partial charge < -0.3 is 18.6 Å². The molecule has 0 aliphatic carbocycles. The lowest BCUT2D eigenvalue weighted by atomic mass is 9.99. The first-order valence-corrected chi connectivity index (χ1v) is 10.7. The maximum atomic E-state index is 13.3. The molecule has 3 aromatic rings. The molecule has 174 valence electrons. The molecule has 2 aliphatic heterocycles. The predicted octanol–water partition coefficient (Wildman–Crippen LogP) is 2.10. The first-order valence-electron chi connectivity index (χ1n) is 10.7. The Labute approximate surface area is 186 Å². The molecule has 3 aromatic heterocycles. The summed E-state index contributed by atoms with van der Waals surface area (Å²) in [6.07, 6.45) is -0.848. The minimum atomic E-state index is -4.29. The Balaban J connectivity index is 1.43. The molecule has 0 N–H and O–H groups in total. The number of pyridine rings is 1. The topological polar surface area (TPSA) is 90.8 Å². The summed E-state index contributed by atoms with van der Waals surface area (Å²) in [5, 5.41) is 8.12. The van der Waals surface area contributed by atoms with Crippen LogP contribution in [0.3, 0.4) is 0 Å². The summed E-state index contributed by atoms with van der Waals surface area (Å²) in [5.41, 5.74) is 1.07. The van der Waals surface area contributed by atoms with E-state index < -0.39 is 12.1 Å². The number of carbonyl (C=O) groups is 1. The molecule has 2 aliphatic rings. The molecule has 0 radical (unpaired) electrons. The van der Waals surface area contributed by atoms with E-state index in [-0.39, 0.29) is 55.7 Å². The highest BCUT2D eigenvalue weighted by molar-refractivity contribution is 5.93. The zero-order chi connectivity index (χ0) is 23.5. The van der Waals surface area contributed by atoms with Gasteiger partial charge in [-0.1, -0.05) is 0 Å². The van der Waals surface area contributed by atoms with E-state index in [9.17, 15) is 22.8 Å². The third kappa shape index (κ3) is 3.62. The van der Waals surface area contributed by atoms with Crippen molar-refractivity contribution in [2.75, 3.05) is 0 Å². The molecular weight excluding hydrogens is 439 g/mol. The van der Waals surface area contributed by atoms with Gasteiger partial charge in [0, 0.05) is 31.7 Å². The first kappa shape index (κ1) is 21.4. The van der Waals surface area contributed by atoms with Crippen LogP contribution in [0.15, 0.2) is 29.5 Å². The highest BCUT2D eigenvalue weighted by Crippen LogP contribution is 2.34. The fraction of sp³-hybridized carbons (Fsp3) is 0.476. The van der Waals surface area contributed by atoms with Crippen LogP contribution >= 0.6 is 0 Å². The molecule has 2 atom stereocenters. The largest absolute Gasteiger partial charge is 0.393 e. The number of alkyl halides is 3.